The fraction of sp³-hybridized carbons (Fsp3) is 0.375. The van der Waals surface area contributed by atoms with E-state index in [1.807, 2.05) is 29.7 Å². The first-order valence-corrected chi connectivity index (χ1v) is 8.36. The molecule has 0 spiro atoms. The standard InChI is InChI=1S/C16H19N3S2/c1-10(2)19-15(13-8-7-11(3)21-13)14(18-16(19)20)12-6-4-5-9-17-12/h4-10,14-15H,1-3H3,(H,18,20)/t14-,15-/m0/s1. The number of aryl methyl sites for hydroxylation is 1. The Kier molecular flexibility index (Phi) is 3.95. The van der Waals surface area contributed by atoms with Gasteiger partial charge in [0.1, 0.15) is 0 Å². The zero-order chi connectivity index (χ0) is 15.0. The van der Waals surface area contributed by atoms with E-state index in [9.17, 15) is 0 Å². The first-order valence-electron chi connectivity index (χ1n) is 7.14. The first kappa shape index (κ1) is 14.5. The summed E-state index contributed by atoms with van der Waals surface area (Å²) in [5, 5.41) is 4.28. The van der Waals surface area contributed by atoms with Crippen LogP contribution in [0.25, 0.3) is 0 Å². The predicted molar refractivity (Wildman–Crippen MR) is 91.5 cm³/mol. The van der Waals surface area contributed by atoms with Crippen molar-refractivity contribution in [2.24, 2.45) is 0 Å². The van der Waals surface area contributed by atoms with Gasteiger partial charge >= 0.3 is 0 Å². The average Bonchev–Trinajstić information content (AvgIpc) is 3.03. The third kappa shape index (κ3) is 2.68. The molecule has 21 heavy (non-hydrogen) atoms. The predicted octanol–water partition coefficient (Wildman–Crippen LogP) is 3.83. The second-order valence-electron chi connectivity index (χ2n) is 5.58. The van der Waals surface area contributed by atoms with E-state index >= 15 is 0 Å². The van der Waals surface area contributed by atoms with Crippen molar-refractivity contribution in [1.82, 2.24) is 15.2 Å². The Morgan fingerprint density at radius 2 is 2.10 bits per heavy atom. The summed E-state index contributed by atoms with van der Waals surface area (Å²) in [7, 11) is 0. The van der Waals surface area contributed by atoms with Gasteiger partial charge in [-0.1, -0.05) is 6.07 Å². The summed E-state index contributed by atoms with van der Waals surface area (Å²) in [5.74, 6) is 0. The molecule has 2 atom stereocenters. The molecule has 3 nitrogen and oxygen atoms in total. The highest BCUT2D eigenvalue weighted by Gasteiger charge is 2.41. The van der Waals surface area contributed by atoms with Crippen molar-refractivity contribution < 1.29 is 0 Å². The molecule has 2 aromatic rings. The second-order valence-corrected chi connectivity index (χ2v) is 7.28. The molecule has 3 rings (SSSR count). The van der Waals surface area contributed by atoms with E-state index in [0.717, 1.165) is 10.8 Å². The van der Waals surface area contributed by atoms with Gasteiger partial charge in [-0.15, -0.1) is 11.3 Å². The molecule has 0 saturated carbocycles. The number of hydrogen-bond acceptors (Lipinski definition) is 3. The van der Waals surface area contributed by atoms with Crippen LogP contribution in [0.5, 0.6) is 0 Å². The van der Waals surface area contributed by atoms with Gasteiger partial charge in [0.25, 0.3) is 0 Å². The van der Waals surface area contributed by atoms with Crippen LogP contribution in [-0.4, -0.2) is 21.0 Å². The molecule has 1 aliphatic heterocycles. The third-order valence-electron chi connectivity index (χ3n) is 3.74. The van der Waals surface area contributed by atoms with E-state index in [1.54, 1.807) is 0 Å². The molecule has 5 heteroatoms. The Hall–Kier alpha value is -1.46. The lowest BCUT2D eigenvalue weighted by molar-refractivity contribution is 0.273. The molecule has 1 N–H and O–H groups in total. The molecule has 0 aliphatic carbocycles. The number of pyridine rings is 1. The fourth-order valence-corrected chi connectivity index (χ4v) is 4.30. The highest BCUT2D eigenvalue weighted by molar-refractivity contribution is 7.80. The van der Waals surface area contributed by atoms with E-state index in [1.165, 1.54) is 9.75 Å². The minimum absolute atomic E-state index is 0.110. The number of thiophene rings is 1. The molecule has 0 bridgehead atoms. The SMILES string of the molecule is Cc1ccc([C@H]2[C@H](c3ccccn3)NC(=S)N2C(C)C)s1. The maximum absolute atomic E-state index is 5.57. The van der Waals surface area contributed by atoms with Gasteiger partial charge in [-0.05, 0) is 57.3 Å². The highest BCUT2D eigenvalue weighted by Crippen LogP contribution is 2.42. The molecule has 0 radical (unpaired) electrons. The van der Waals surface area contributed by atoms with Crippen molar-refractivity contribution in [3.8, 4) is 0 Å². The highest BCUT2D eigenvalue weighted by atomic mass is 32.1. The van der Waals surface area contributed by atoms with Crippen LogP contribution in [0, 0.1) is 6.92 Å². The van der Waals surface area contributed by atoms with Gasteiger partial charge in [-0.25, -0.2) is 0 Å². The van der Waals surface area contributed by atoms with Gasteiger partial charge in [-0.2, -0.15) is 0 Å². The third-order valence-corrected chi connectivity index (χ3v) is 5.14. The lowest BCUT2D eigenvalue weighted by Gasteiger charge is -2.30. The van der Waals surface area contributed by atoms with E-state index in [2.05, 4.69) is 54.2 Å². The number of thiocarbonyl (C=S) groups is 1. The van der Waals surface area contributed by atoms with Gasteiger partial charge in [0.05, 0.1) is 17.8 Å². The van der Waals surface area contributed by atoms with Gasteiger partial charge in [0, 0.05) is 22.0 Å². The Balaban J connectivity index is 2.05. The zero-order valence-electron chi connectivity index (χ0n) is 12.4. The molecule has 0 amide bonds. The van der Waals surface area contributed by atoms with Crippen molar-refractivity contribution in [1.29, 1.82) is 0 Å². The van der Waals surface area contributed by atoms with Crippen molar-refractivity contribution in [3.05, 3.63) is 52.0 Å². The molecule has 2 aromatic heterocycles. The lowest BCUT2D eigenvalue weighted by Crippen LogP contribution is -2.35. The Bertz CT molecular complexity index is 636. The number of hydrogen-bond donors (Lipinski definition) is 1. The van der Waals surface area contributed by atoms with Crippen LogP contribution in [0.4, 0.5) is 0 Å². The van der Waals surface area contributed by atoms with Crippen LogP contribution in [-0.2, 0) is 0 Å². The van der Waals surface area contributed by atoms with Crippen LogP contribution in [0.3, 0.4) is 0 Å². The number of rotatable bonds is 3. The zero-order valence-corrected chi connectivity index (χ0v) is 14.0. The first-order chi connectivity index (χ1) is 10.1. The molecule has 1 fully saturated rings. The van der Waals surface area contributed by atoms with Crippen molar-refractivity contribution in [2.45, 2.75) is 38.9 Å². The van der Waals surface area contributed by atoms with E-state index in [4.69, 9.17) is 12.2 Å². The molecular formula is C16H19N3S2. The monoisotopic (exact) mass is 317 g/mol. The molecule has 0 unspecified atom stereocenters. The molecule has 1 aliphatic rings. The maximum Gasteiger partial charge on any atom is 0.170 e. The number of aromatic nitrogens is 1. The minimum atomic E-state index is 0.110. The summed E-state index contributed by atoms with van der Waals surface area (Å²) < 4.78 is 0. The smallest absolute Gasteiger partial charge is 0.170 e. The van der Waals surface area contributed by atoms with Gasteiger partial charge < -0.3 is 10.2 Å². The second kappa shape index (κ2) is 5.73. The Morgan fingerprint density at radius 3 is 2.67 bits per heavy atom. The van der Waals surface area contributed by atoms with Gasteiger partial charge in [-0.3, -0.25) is 4.98 Å². The Labute approximate surface area is 135 Å². The topological polar surface area (TPSA) is 28.2 Å². The lowest BCUT2D eigenvalue weighted by atomic mass is 10.0. The normalized spacial score (nSPS) is 21.9. The van der Waals surface area contributed by atoms with Crippen molar-refractivity contribution in [2.75, 3.05) is 0 Å². The summed E-state index contributed by atoms with van der Waals surface area (Å²) in [6, 6.07) is 11.1. The molecule has 1 saturated heterocycles. The molecule has 0 aromatic carbocycles. The average molecular weight is 317 g/mol. The number of nitrogens with zero attached hydrogens (tertiary/aromatic N) is 2. The summed E-state index contributed by atoms with van der Waals surface area (Å²) >= 11 is 7.41. The van der Waals surface area contributed by atoms with E-state index in [-0.39, 0.29) is 12.1 Å². The summed E-state index contributed by atoms with van der Waals surface area (Å²) in [6.45, 7) is 6.51. The Morgan fingerprint density at radius 1 is 1.29 bits per heavy atom. The van der Waals surface area contributed by atoms with Crippen LogP contribution in [0.1, 0.15) is 41.4 Å². The van der Waals surface area contributed by atoms with Gasteiger partial charge in [0.15, 0.2) is 5.11 Å². The summed E-state index contributed by atoms with van der Waals surface area (Å²) in [5.41, 5.74) is 1.04. The molecular weight excluding hydrogens is 298 g/mol. The number of nitrogens with one attached hydrogen (secondary N) is 1. The minimum Gasteiger partial charge on any atom is -0.352 e. The van der Waals surface area contributed by atoms with Crippen LogP contribution < -0.4 is 5.32 Å². The van der Waals surface area contributed by atoms with Gasteiger partial charge in [0.2, 0.25) is 0 Å². The van der Waals surface area contributed by atoms with Crippen molar-refractivity contribution in [3.63, 3.8) is 0 Å². The molecule has 110 valence electrons. The van der Waals surface area contributed by atoms with Crippen LogP contribution in [0.15, 0.2) is 36.5 Å². The summed E-state index contributed by atoms with van der Waals surface area (Å²) in [4.78, 5) is 9.48. The van der Waals surface area contributed by atoms with E-state index in [0.29, 0.717) is 6.04 Å². The van der Waals surface area contributed by atoms with Crippen molar-refractivity contribution >= 4 is 28.7 Å². The summed E-state index contributed by atoms with van der Waals surface area (Å²) in [6.07, 6.45) is 1.84. The molecule has 3 heterocycles. The van der Waals surface area contributed by atoms with Crippen LogP contribution >= 0.6 is 23.6 Å². The fourth-order valence-electron chi connectivity index (χ4n) is 2.84. The maximum atomic E-state index is 5.57. The quantitative estimate of drug-likeness (QED) is 0.871. The largest absolute Gasteiger partial charge is 0.352 e. The van der Waals surface area contributed by atoms with Crippen LogP contribution in [0.2, 0.25) is 0 Å². The van der Waals surface area contributed by atoms with E-state index < -0.39 is 0 Å².